The lowest BCUT2D eigenvalue weighted by molar-refractivity contribution is -0.131. The average Bonchev–Trinajstić information content (AvgIpc) is 3.47. The van der Waals surface area contributed by atoms with Crippen LogP contribution in [0.5, 0.6) is 5.75 Å². The number of carbonyl (C=O) groups excluding carboxylic acids is 3. The van der Waals surface area contributed by atoms with Crippen molar-refractivity contribution >= 4 is 17.9 Å². The number of methoxy groups -OCH3 is 1. The molecule has 0 aromatic heterocycles. The van der Waals surface area contributed by atoms with Gasteiger partial charge in [-0.25, -0.2) is 4.79 Å². The number of hydrogen-bond acceptors (Lipinski definition) is 8. The summed E-state index contributed by atoms with van der Waals surface area (Å²) < 4.78 is 10.7. The lowest BCUT2D eigenvalue weighted by Gasteiger charge is -2.35. The van der Waals surface area contributed by atoms with Crippen LogP contribution in [-0.2, 0) is 40.3 Å². The van der Waals surface area contributed by atoms with Crippen molar-refractivity contribution in [1.82, 2.24) is 21.3 Å². The first kappa shape index (κ1) is 39.0. The fourth-order valence-electron chi connectivity index (χ4n) is 6.51. The number of rotatable bonds is 15. The maximum Gasteiger partial charge on any atom is 0.408 e. The standard InChI is InChI=1S/C42H50N4O7/c1-42(2,3)38(46-41(51)53-26-29-15-9-6-10-16-29)40(50)44-33(23-27-13-7-5-8-14-27)37(48)36(43-25-28-19-21-31(52-4)22-20-28)39(49)45-35-32-18-12-11-17-30(32)24-34(35)47/h5-22,33-38,43,47-48H,23-26H2,1-4H3,(H,44,50)(H,45,49)(H,46,51)/t33-,34+,35?,36+,37+,38+/m0/s1. The normalized spacial score (nSPS) is 17.4. The zero-order valence-corrected chi connectivity index (χ0v) is 30.6. The first-order valence-electron chi connectivity index (χ1n) is 17.8. The molecule has 4 aromatic rings. The minimum absolute atomic E-state index is 0.0251. The summed E-state index contributed by atoms with van der Waals surface area (Å²) in [6.07, 6.45) is -2.52. The van der Waals surface area contributed by atoms with Gasteiger partial charge >= 0.3 is 6.09 Å². The van der Waals surface area contributed by atoms with Crippen LogP contribution >= 0.6 is 0 Å². The van der Waals surface area contributed by atoms with E-state index in [0.29, 0.717) is 12.2 Å². The highest BCUT2D eigenvalue weighted by molar-refractivity contribution is 5.87. The smallest absolute Gasteiger partial charge is 0.408 e. The highest BCUT2D eigenvalue weighted by Gasteiger charge is 2.40. The van der Waals surface area contributed by atoms with Crippen molar-refractivity contribution in [1.29, 1.82) is 0 Å². The Balaban J connectivity index is 1.40. The third kappa shape index (κ3) is 10.7. The molecule has 0 spiro atoms. The van der Waals surface area contributed by atoms with Crippen molar-refractivity contribution in [2.24, 2.45) is 5.41 Å². The highest BCUT2D eigenvalue weighted by atomic mass is 16.5. The zero-order valence-electron chi connectivity index (χ0n) is 30.6. The summed E-state index contributed by atoms with van der Waals surface area (Å²) in [6.45, 7) is 5.67. The first-order valence-corrected chi connectivity index (χ1v) is 17.8. The van der Waals surface area contributed by atoms with E-state index in [4.69, 9.17) is 9.47 Å². The maximum atomic E-state index is 14.2. The summed E-state index contributed by atoms with van der Waals surface area (Å²) in [5.41, 5.74) is 3.43. The van der Waals surface area contributed by atoms with Crippen LogP contribution in [0, 0.1) is 5.41 Å². The number of hydrogen-bond donors (Lipinski definition) is 6. The molecule has 0 fully saturated rings. The Morgan fingerprint density at radius 1 is 0.792 bits per heavy atom. The summed E-state index contributed by atoms with van der Waals surface area (Å²) in [4.78, 5) is 41.3. The molecule has 11 nitrogen and oxygen atoms in total. The largest absolute Gasteiger partial charge is 0.497 e. The van der Waals surface area contributed by atoms with Gasteiger partial charge in [0.2, 0.25) is 11.8 Å². The van der Waals surface area contributed by atoms with Gasteiger partial charge in [-0.05, 0) is 51.8 Å². The number of nitrogens with one attached hydrogen (secondary N) is 4. The lowest BCUT2D eigenvalue weighted by Crippen LogP contribution is -2.62. The number of aliphatic hydroxyl groups excluding tert-OH is 2. The Labute approximate surface area is 311 Å². The number of ether oxygens (including phenoxy) is 2. The van der Waals surface area contributed by atoms with Crippen LogP contribution in [0.1, 0.15) is 54.6 Å². The second-order valence-electron chi connectivity index (χ2n) is 14.5. The second-order valence-corrected chi connectivity index (χ2v) is 14.5. The molecule has 5 rings (SSSR count). The molecular formula is C42H50N4O7. The van der Waals surface area contributed by atoms with Crippen molar-refractivity contribution in [3.05, 3.63) is 137 Å². The molecule has 1 aliphatic rings. The minimum atomic E-state index is -1.46. The van der Waals surface area contributed by atoms with Crippen molar-refractivity contribution in [2.75, 3.05) is 7.11 Å². The second kappa shape index (κ2) is 18.0. The van der Waals surface area contributed by atoms with E-state index < -0.39 is 59.7 Å². The highest BCUT2D eigenvalue weighted by Crippen LogP contribution is 2.31. The minimum Gasteiger partial charge on any atom is -0.497 e. The van der Waals surface area contributed by atoms with Gasteiger partial charge in [0.15, 0.2) is 0 Å². The van der Waals surface area contributed by atoms with E-state index in [9.17, 15) is 24.6 Å². The SMILES string of the molecule is COc1ccc(CN[C@@H](C(=O)NC2c3ccccc3C[C@H]2O)[C@H](O)[C@H](Cc2ccccc2)NC(=O)[C@@H](NC(=O)OCc2ccccc2)C(C)(C)C)cc1. The Morgan fingerprint density at radius 3 is 2.06 bits per heavy atom. The predicted octanol–water partition coefficient (Wildman–Crippen LogP) is 4.36. The molecule has 6 N–H and O–H groups in total. The van der Waals surface area contributed by atoms with Crippen LogP contribution in [-0.4, -0.2) is 65.6 Å². The number of amides is 3. The first-order chi connectivity index (χ1) is 25.4. The van der Waals surface area contributed by atoms with Gasteiger partial charge in [-0.15, -0.1) is 0 Å². The maximum absolute atomic E-state index is 14.2. The van der Waals surface area contributed by atoms with E-state index in [2.05, 4.69) is 21.3 Å². The van der Waals surface area contributed by atoms with Crippen molar-refractivity contribution < 1.29 is 34.1 Å². The fourth-order valence-corrected chi connectivity index (χ4v) is 6.51. The summed E-state index contributed by atoms with van der Waals surface area (Å²) in [5.74, 6) is -0.425. The molecule has 0 saturated carbocycles. The molecule has 4 aromatic carbocycles. The third-order valence-corrected chi connectivity index (χ3v) is 9.45. The molecular weight excluding hydrogens is 672 g/mol. The van der Waals surface area contributed by atoms with E-state index in [1.54, 1.807) is 19.2 Å². The molecule has 0 aliphatic heterocycles. The van der Waals surface area contributed by atoms with Crippen LogP contribution in [0.2, 0.25) is 0 Å². The Morgan fingerprint density at radius 2 is 1.42 bits per heavy atom. The third-order valence-electron chi connectivity index (χ3n) is 9.45. The number of fused-ring (bicyclic) bond motifs is 1. The van der Waals surface area contributed by atoms with Crippen molar-refractivity contribution in [2.45, 2.75) is 83.1 Å². The molecule has 0 saturated heterocycles. The summed E-state index contributed by atoms with van der Waals surface area (Å²) >= 11 is 0. The molecule has 0 heterocycles. The number of carbonyl (C=O) groups is 3. The molecule has 1 unspecified atom stereocenters. The molecule has 1 aliphatic carbocycles. The number of alkyl carbamates (subject to hydrolysis) is 1. The van der Waals surface area contributed by atoms with Gasteiger partial charge in [0.25, 0.3) is 0 Å². The zero-order chi connectivity index (χ0) is 38.0. The molecule has 0 bridgehead atoms. The average molecular weight is 723 g/mol. The number of aliphatic hydroxyl groups is 2. The van der Waals surface area contributed by atoms with Crippen LogP contribution in [0.15, 0.2) is 109 Å². The van der Waals surface area contributed by atoms with E-state index in [1.807, 2.05) is 118 Å². The Bertz CT molecular complexity index is 1800. The number of benzene rings is 4. The quantitative estimate of drug-likeness (QED) is 0.106. The van der Waals surface area contributed by atoms with E-state index >= 15 is 0 Å². The van der Waals surface area contributed by atoms with Crippen molar-refractivity contribution in [3.8, 4) is 5.75 Å². The van der Waals surface area contributed by atoms with Crippen LogP contribution in [0.3, 0.4) is 0 Å². The van der Waals surface area contributed by atoms with Gasteiger partial charge in [-0.1, -0.05) is 118 Å². The van der Waals surface area contributed by atoms with Gasteiger partial charge in [0.1, 0.15) is 24.4 Å². The van der Waals surface area contributed by atoms with Crippen molar-refractivity contribution in [3.63, 3.8) is 0 Å². The van der Waals surface area contributed by atoms with E-state index in [0.717, 1.165) is 27.8 Å². The monoisotopic (exact) mass is 722 g/mol. The molecule has 280 valence electrons. The van der Waals surface area contributed by atoms with Gasteiger partial charge in [0, 0.05) is 13.0 Å². The Hall–Kier alpha value is -5.23. The lowest BCUT2D eigenvalue weighted by atomic mass is 9.85. The van der Waals surface area contributed by atoms with Crippen LogP contribution in [0.25, 0.3) is 0 Å². The Kier molecular flexibility index (Phi) is 13.2. The summed E-state index contributed by atoms with van der Waals surface area (Å²) in [6, 6.07) is 29.4. The van der Waals surface area contributed by atoms with Crippen LogP contribution < -0.4 is 26.0 Å². The van der Waals surface area contributed by atoms with E-state index in [1.165, 1.54) is 0 Å². The molecule has 6 atom stereocenters. The topological polar surface area (TPSA) is 158 Å². The van der Waals surface area contributed by atoms with Crippen LogP contribution in [0.4, 0.5) is 4.79 Å². The molecule has 11 heteroatoms. The van der Waals surface area contributed by atoms with Gasteiger partial charge in [-0.3, -0.25) is 14.9 Å². The van der Waals surface area contributed by atoms with E-state index in [-0.39, 0.29) is 19.6 Å². The predicted molar refractivity (Wildman–Crippen MR) is 202 cm³/mol. The summed E-state index contributed by atoms with van der Waals surface area (Å²) in [5, 5.41) is 35.0. The summed E-state index contributed by atoms with van der Waals surface area (Å²) in [7, 11) is 1.58. The molecule has 53 heavy (non-hydrogen) atoms. The van der Waals surface area contributed by atoms with Gasteiger partial charge in [-0.2, -0.15) is 0 Å². The van der Waals surface area contributed by atoms with Gasteiger partial charge in [0.05, 0.1) is 31.4 Å². The van der Waals surface area contributed by atoms with Gasteiger partial charge < -0.3 is 35.6 Å². The molecule has 3 amide bonds. The molecule has 0 radical (unpaired) electrons. The fraction of sp³-hybridized carbons (Fsp3) is 0.357.